The van der Waals surface area contributed by atoms with Crippen LogP contribution in [0.5, 0.6) is 5.75 Å². The Morgan fingerprint density at radius 3 is 2.44 bits per heavy atom. The summed E-state index contributed by atoms with van der Waals surface area (Å²) in [5, 5.41) is 6.92. The number of benzene rings is 2. The van der Waals surface area contributed by atoms with Crippen molar-refractivity contribution in [2.24, 2.45) is 5.10 Å². The van der Waals surface area contributed by atoms with E-state index in [9.17, 15) is 9.59 Å². The van der Waals surface area contributed by atoms with Crippen molar-refractivity contribution in [3.8, 4) is 5.75 Å². The maximum atomic E-state index is 12.3. The van der Waals surface area contributed by atoms with Crippen LogP contribution < -0.4 is 15.5 Å². The smallest absolute Gasteiger partial charge is 0.275 e. The Morgan fingerprint density at radius 2 is 1.74 bits per heavy atom. The standard InChI is InChI=1S/C21H25N3O3/c1-14(2)16-9-5-7-11-18(16)22-20(25)13-15(3)23-24-21(26)17-10-6-8-12-19(17)27-4/h5-12,14H,13H2,1-4H3,(H,22,25)(H,24,26)/b23-15+. The summed E-state index contributed by atoms with van der Waals surface area (Å²) in [5.41, 5.74) is 5.21. The number of anilines is 1. The number of methoxy groups -OCH3 is 1. The van der Waals surface area contributed by atoms with E-state index in [4.69, 9.17) is 4.74 Å². The molecular weight excluding hydrogens is 342 g/mol. The zero-order valence-electron chi connectivity index (χ0n) is 16.1. The Hall–Kier alpha value is -3.15. The molecule has 0 radical (unpaired) electrons. The predicted octanol–water partition coefficient (Wildman–Crippen LogP) is 3.95. The van der Waals surface area contributed by atoms with Gasteiger partial charge in [-0.3, -0.25) is 9.59 Å². The molecule has 2 amide bonds. The van der Waals surface area contributed by atoms with Crippen molar-refractivity contribution in [1.82, 2.24) is 5.43 Å². The molecule has 2 rings (SSSR count). The summed E-state index contributed by atoms with van der Waals surface area (Å²) in [5.74, 6) is 0.190. The lowest BCUT2D eigenvalue weighted by molar-refractivity contribution is -0.115. The summed E-state index contributed by atoms with van der Waals surface area (Å²) >= 11 is 0. The fourth-order valence-corrected chi connectivity index (χ4v) is 2.62. The van der Waals surface area contributed by atoms with Gasteiger partial charge in [0, 0.05) is 11.4 Å². The molecule has 0 aliphatic carbocycles. The minimum absolute atomic E-state index is 0.0820. The SMILES string of the molecule is COc1ccccc1C(=O)N/N=C(\C)CC(=O)Nc1ccccc1C(C)C. The van der Waals surface area contributed by atoms with Gasteiger partial charge < -0.3 is 10.1 Å². The third-order valence-corrected chi connectivity index (χ3v) is 3.97. The molecule has 0 saturated heterocycles. The molecule has 0 spiro atoms. The van der Waals surface area contributed by atoms with E-state index in [2.05, 4.69) is 29.7 Å². The molecule has 0 aromatic heterocycles. The number of nitrogens with one attached hydrogen (secondary N) is 2. The molecule has 2 aromatic rings. The van der Waals surface area contributed by atoms with Gasteiger partial charge in [0.05, 0.1) is 19.1 Å². The van der Waals surface area contributed by atoms with E-state index < -0.39 is 5.91 Å². The molecule has 0 atom stereocenters. The number of hydrazone groups is 1. The number of hydrogen-bond acceptors (Lipinski definition) is 4. The van der Waals surface area contributed by atoms with E-state index in [1.165, 1.54) is 7.11 Å². The Labute approximate surface area is 159 Å². The van der Waals surface area contributed by atoms with Crippen molar-refractivity contribution >= 4 is 23.2 Å². The Morgan fingerprint density at radius 1 is 1.07 bits per heavy atom. The second kappa shape index (κ2) is 9.52. The summed E-state index contributed by atoms with van der Waals surface area (Å²) in [6.07, 6.45) is 0.0820. The van der Waals surface area contributed by atoms with Crippen LogP contribution in [0.3, 0.4) is 0 Å². The fourth-order valence-electron chi connectivity index (χ4n) is 2.62. The average Bonchev–Trinajstić information content (AvgIpc) is 2.66. The van der Waals surface area contributed by atoms with Gasteiger partial charge in [-0.15, -0.1) is 0 Å². The maximum absolute atomic E-state index is 12.3. The molecule has 0 aliphatic rings. The molecule has 0 saturated carbocycles. The van der Waals surface area contributed by atoms with Crippen LogP contribution in [0.2, 0.25) is 0 Å². The van der Waals surface area contributed by atoms with Crippen LogP contribution in [0.1, 0.15) is 49.0 Å². The zero-order chi connectivity index (χ0) is 19.8. The van der Waals surface area contributed by atoms with Gasteiger partial charge in [-0.25, -0.2) is 5.43 Å². The molecule has 0 heterocycles. The van der Waals surface area contributed by atoms with E-state index in [-0.39, 0.29) is 12.3 Å². The maximum Gasteiger partial charge on any atom is 0.275 e. The van der Waals surface area contributed by atoms with E-state index in [0.717, 1.165) is 11.3 Å². The van der Waals surface area contributed by atoms with Crippen molar-refractivity contribution in [3.05, 3.63) is 59.7 Å². The van der Waals surface area contributed by atoms with E-state index in [1.54, 1.807) is 31.2 Å². The first-order valence-corrected chi connectivity index (χ1v) is 8.77. The van der Waals surface area contributed by atoms with Gasteiger partial charge in [-0.2, -0.15) is 5.10 Å². The highest BCUT2D eigenvalue weighted by Crippen LogP contribution is 2.23. The van der Waals surface area contributed by atoms with Gasteiger partial charge in [0.15, 0.2) is 0 Å². The lowest BCUT2D eigenvalue weighted by atomic mass is 10.0. The average molecular weight is 367 g/mol. The second-order valence-electron chi connectivity index (χ2n) is 6.46. The minimum Gasteiger partial charge on any atom is -0.496 e. The molecule has 2 N–H and O–H groups in total. The van der Waals surface area contributed by atoms with Gasteiger partial charge in [0.2, 0.25) is 5.91 Å². The molecule has 2 aromatic carbocycles. The lowest BCUT2D eigenvalue weighted by Crippen LogP contribution is -2.22. The highest BCUT2D eigenvalue weighted by atomic mass is 16.5. The first-order valence-electron chi connectivity index (χ1n) is 8.77. The lowest BCUT2D eigenvalue weighted by Gasteiger charge is -2.13. The minimum atomic E-state index is -0.391. The van der Waals surface area contributed by atoms with Crippen LogP contribution in [-0.2, 0) is 4.79 Å². The normalized spacial score (nSPS) is 11.2. The number of ether oxygens (including phenoxy) is 1. The Balaban J connectivity index is 1.97. The highest BCUT2D eigenvalue weighted by Gasteiger charge is 2.12. The van der Waals surface area contributed by atoms with Crippen LogP contribution in [0.15, 0.2) is 53.6 Å². The summed E-state index contributed by atoms with van der Waals surface area (Å²) in [4.78, 5) is 24.5. The zero-order valence-corrected chi connectivity index (χ0v) is 16.1. The fraction of sp³-hybridized carbons (Fsp3) is 0.286. The number of carbonyl (C=O) groups excluding carboxylic acids is 2. The molecule has 0 fully saturated rings. The molecule has 142 valence electrons. The summed E-state index contributed by atoms with van der Waals surface area (Å²) in [6, 6.07) is 14.6. The topological polar surface area (TPSA) is 79.8 Å². The third-order valence-electron chi connectivity index (χ3n) is 3.97. The number of amides is 2. The van der Waals surface area contributed by atoms with Gasteiger partial charge in [0.25, 0.3) is 5.91 Å². The van der Waals surface area contributed by atoms with E-state index >= 15 is 0 Å². The number of rotatable bonds is 7. The Kier molecular flexibility index (Phi) is 7.11. The quantitative estimate of drug-likeness (QED) is 0.574. The van der Waals surface area contributed by atoms with Gasteiger partial charge >= 0.3 is 0 Å². The second-order valence-corrected chi connectivity index (χ2v) is 6.46. The van der Waals surface area contributed by atoms with Gasteiger partial charge in [-0.1, -0.05) is 44.2 Å². The first kappa shape index (κ1) is 20.2. The Bertz CT molecular complexity index is 844. The number of hydrogen-bond donors (Lipinski definition) is 2. The number of para-hydroxylation sites is 2. The van der Waals surface area contributed by atoms with Crippen molar-refractivity contribution in [2.45, 2.75) is 33.1 Å². The van der Waals surface area contributed by atoms with Crippen LogP contribution in [0, 0.1) is 0 Å². The van der Waals surface area contributed by atoms with Crippen LogP contribution in [0.4, 0.5) is 5.69 Å². The molecule has 6 nitrogen and oxygen atoms in total. The van der Waals surface area contributed by atoms with Crippen molar-refractivity contribution < 1.29 is 14.3 Å². The highest BCUT2D eigenvalue weighted by molar-refractivity contribution is 6.06. The van der Waals surface area contributed by atoms with Crippen molar-refractivity contribution in [3.63, 3.8) is 0 Å². The van der Waals surface area contributed by atoms with Crippen molar-refractivity contribution in [1.29, 1.82) is 0 Å². The molecule has 0 unspecified atom stereocenters. The molecule has 27 heavy (non-hydrogen) atoms. The molecule has 0 bridgehead atoms. The van der Waals surface area contributed by atoms with E-state index in [0.29, 0.717) is 22.9 Å². The van der Waals surface area contributed by atoms with Crippen LogP contribution in [0.25, 0.3) is 0 Å². The summed E-state index contributed by atoms with van der Waals surface area (Å²) in [7, 11) is 1.50. The third kappa shape index (κ3) is 5.67. The first-order chi connectivity index (χ1) is 12.9. The molecule has 6 heteroatoms. The van der Waals surface area contributed by atoms with Crippen LogP contribution >= 0.6 is 0 Å². The summed E-state index contributed by atoms with van der Waals surface area (Å²) in [6.45, 7) is 5.84. The van der Waals surface area contributed by atoms with Crippen molar-refractivity contribution in [2.75, 3.05) is 12.4 Å². The number of carbonyl (C=O) groups is 2. The molecule has 0 aliphatic heterocycles. The molecular formula is C21H25N3O3. The van der Waals surface area contributed by atoms with E-state index in [1.807, 2.05) is 24.3 Å². The van der Waals surface area contributed by atoms with Crippen LogP contribution in [-0.4, -0.2) is 24.6 Å². The number of nitrogens with zero attached hydrogens (tertiary/aromatic N) is 1. The largest absolute Gasteiger partial charge is 0.496 e. The predicted molar refractivity (Wildman–Crippen MR) is 107 cm³/mol. The van der Waals surface area contributed by atoms with Gasteiger partial charge in [0.1, 0.15) is 5.75 Å². The monoisotopic (exact) mass is 367 g/mol. The summed E-state index contributed by atoms with van der Waals surface area (Å²) < 4.78 is 5.16. The van der Waals surface area contributed by atoms with Gasteiger partial charge in [-0.05, 0) is 36.6 Å².